The van der Waals surface area contributed by atoms with Crippen molar-refractivity contribution in [3.63, 3.8) is 0 Å². The number of carbonyl (C=O) groups excluding carboxylic acids is 1. The number of aromatic nitrogens is 2. The summed E-state index contributed by atoms with van der Waals surface area (Å²) in [6.07, 6.45) is 6.20. The predicted molar refractivity (Wildman–Crippen MR) is 58.7 cm³/mol. The molecule has 2 aliphatic rings. The molecule has 0 aromatic carbocycles. The highest BCUT2D eigenvalue weighted by Crippen LogP contribution is 2.30. The highest BCUT2D eigenvalue weighted by atomic mass is 16.5. The van der Waals surface area contributed by atoms with Gasteiger partial charge in [-0.25, -0.2) is 0 Å². The Hall–Kier alpha value is -1.16. The van der Waals surface area contributed by atoms with Gasteiger partial charge in [0.1, 0.15) is 5.69 Å². The third-order valence-corrected chi connectivity index (χ3v) is 3.64. The van der Waals surface area contributed by atoms with E-state index in [1.807, 2.05) is 0 Å². The van der Waals surface area contributed by atoms with E-state index in [1.165, 1.54) is 11.3 Å². The predicted octanol–water partition coefficient (Wildman–Crippen LogP) is 1.54. The second-order valence-corrected chi connectivity index (χ2v) is 4.57. The van der Waals surface area contributed by atoms with Gasteiger partial charge in [-0.05, 0) is 32.1 Å². The van der Waals surface area contributed by atoms with Crippen LogP contribution in [0.3, 0.4) is 0 Å². The topological polar surface area (TPSA) is 44.1 Å². The molecule has 0 saturated carbocycles. The van der Waals surface area contributed by atoms with E-state index in [1.54, 1.807) is 0 Å². The molecule has 2 heterocycles. The maximum absolute atomic E-state index is 11.0. The molecule has 4 nitrogen and oxygen atoms in total. The van der Waals surface area contributed by atoms with Crippen LogP contribution in [0, 0.1) is 0 Å². The standard InChI is InChI=1S/C12H16N2O2/c15-8-11-10-2-1-3-12(10)14(13-11)9-4-6-16-7-5-9/h8-9H,1-7H2. The molecule has 1 aromatic heterocycles. The van der Waals surface area contributed by atoms with E-state index < -0.39 is 0 Å². The molecule has 16 heavy (non-hydrogen) atoms. The lowest BCUT2D eigenvalue weighted by atomic mass is 10.1. The minimum atomic E-state index is 0.439. The zero-order chi connectivity index (χ0) is 11.0. The van der Waals surface area contributed by atoms with Crippen molar-refractivity contribution in [1.82, 2.24) is 9.78 Å². The highest BCUT2D eigenvalue weighted by molar-refractivity contribution is 5.75. The van der Waals surface area contributed by atoms with Crippen LogP contribution in [0.4, 0.5) is 0 Å². The molecule has 0 bridgehead atoms. The maximum atomic E-state index is 11.0. The summed E-state index contributed by atoms with van der Waals surface area (Å²) in [4.78, 5) is 11.0. The van der Waals surface area contributed by atoms with E-state index in [4.69, 9.17) is 4.74 Å². The summed E-state index contributed by atoms with van der Waals surface area (Å²) in [6.45, 7) is 1.63. The van der Waals surface area contributed by atoms with Crippen molar-refractivity contribution in [1.29, 1.82) is 0 Å². The van der Waals surface area contributed by atoms with Gasteiger partial charge in [-0.3, -0.25) is 9.48 Å². The lowest BCUT2D eigenvalue weighted by Gasteiger charge is -2.23. The Morgan fingerprint density at radius 3 is 2.88 bits per heavy atom. The van der Waals surface area contributed by atoms with Crippen LogP contribution in [0.1, 0.15) is 47.1 Å². The van der Waals surface area contributed by atoms with E-state index in [-0.39, 0.29) is 0 Å². The molecule has 0 spiro atoms. The lowest BCUT2D eigenvalue weighted by molar-refractivity contribution is 0.0654. The van der Waals surface area contributed by atoms with Crippen molar-refractivity contribution in [3.05, 3.63) is 17.0 Å². The number of fused-ring (bicyclic) bond motifs is 1. The van der Waals surface area contributed by atoms with Gasteiger partial charge in [0.05, 0.1) is 6.04 Å². The summed E-state index contributed by atoms with van der Waals surface area (Å²) >= 11 is 0. The zero-order valence-corrected chi connectivity index (χ0v) is 9.32. The van der Waals surface area contributed by atoms with Crippen LogP contribution >= 0.6 is 0 Å². The minimum absolute atomic E-state index is 0.439. The molecule has 1 aromatic rings. The number of ether oxygens (including phenoxy) is 1. The van der Waals surface area contributed by atoms with Crippen molar-refractivity contribution in [2.24, 2.45) is 0 Å². The summed E-state index contributed by atoms with van der Waals surface area (Å²) in [6, 6.07) is 0.439. The fraction of sp³-hybridized carbons (Fsp3) is 0.667. The fourth-order valence-corrected chi connectivity index (χ4v) is 2.82. The Bertz CT molecular complexity index is 405. The van der Waals surface area contributed by atoms with E-state index in [0.717, 1.165) is 51.6 Å². The van der Waals surface area contributed by atoms with Crippen LogP contribution in [0.25, 0.3) is 0 Å². The summed E-state index contributed by atoms with van der Waals surface area (Å²) in [7, 11) is 0. The molecule has 1 aliphatic carbocycles. The fourth-order valence-electron chi connectivity index (χ4n) is 2.82. The van der Waals surface area contributed by atoms with Crippen LogP contribution in [0.5, 0.6) is 0 Å². The molecular weight excluding hydrogens is 204 g/mol. The number of rotatable bonds is 2. The molecule has 0 amide bonds. The van der Waals surface area contributed by atoms with E-state index in [2.05, 4.69) is 9.78 Å². The summed E-state index contributed by atoms with van der Waals surface area (Å²) in [5.74, 6) is 0. The van der Waals surface area contributed by atoms with Gasteiger partial charge in [0.2, 0.25) is 0 Å². The first-order valence-electron chi connectivity index (χ1n) is 6.03. The van der Waals surface area contributed by atoms with E-state index in [0.29, 0.717) is 11.7 Å². The van der Waals surface area contributed by atoms with Crippen molar-refractivity contribution in [2.75, 3.05) is 13.2 Å². The zero-order valence-electron chi connectivity index (χ0n) is 9.32. The third-order valence-electron chi connectivity index (χ3n) is 3.64. The van der Waals surface area contributed by atoms with Crippen molar-refractivity contribution in [3.8, 4) is 0 Å². The number of nitrogens with zero attached hydrogens (tertiary/aromatic N) is 2. The number of carbonyl (C=O) groups is 1. The third kappa shape index (κ3) is 1.48. The second kappa shape index (κ2) is 4.01. The Morgan fingerprint density at radius 1 is 1.31 bits per heavy atom. The largest absolute Gasteiger partial charge is 0.381 e. The Morgan fingerprint density at radius 2 is 2.12 bits per heavy atom. The average Bonchev–Trinajstić information content (AvgIpc) is 2.91. The highest BCUT2D eigenvalue weighted by Gasteiger charge is 2.26. The Labute approximate surface area is 94.6 Å². The molecule has 1 fully saturated rings. The Balaban J connectivity index is 1.97. The van der Waals surface area contributed by atoms with Crippen LogP contribution < -0.4 is 0 Å². The second-order valence-electron chi connectivity index (χ2n) is 4.57. The summed E-state index contributed by atoms with van der Waals surface area (Å²) in [5, 5.41) is 4.47. The molecule has 0 radical (unpaired) electrons. The number of hydrogen-bond acceptors (Lipinski definition) is 3. The van der Waals surface area contributed by atoms with E-state index in [9.17, 15) is 4.79 Å². The first-order valence-corrected chi connectivity index (χ1v) is 6.03. The molecule has 4 heteroatoms. The summed E-state index contributed by atoms with van der Waals surface area (Å²) in [5.41, 5.74) is 3.16. The van der Waals surface area contributed by atoms with Gasteiger partial charge in [0, 0.05) is 24.5 Å². The number of hydrogen-bond donors (Lipinski definition) is 0. The van der Waals surface area contributed by atoms with Crippen LogP contribution in [0.15, 0.2) is 0 Å². The smallest absolute Gasteiger partial charge is 0.170 e. The van der Waals surface area contributed by atoms with Gasteiger partial charge in [-0.2, -0.15) is 5.10 Å². The van der Waals surface area contributed by atoms with Gasteiger partial charge in [0.15, 0.2) is 6.29 Å². The first-order chi connectivity index (χ1) is 7.90. The van der Waals surface area contributed by atoms with Crippen molar-refractivity contribution in [2.45, 2.75) is 38.1 Å². The van der Waals surface area contributed by atoms with Gasteiger partial charge in [0.25, 0.3) is 0 Å². The normalized spacial score (nSPS) is 21.0. The van der Waals surface area contributed by atoms with Gasteiger partial charge in [-0.15, -0.1) is 0 Å². The quantitative estimate of drug-likeness (QED) is 0.710. The average molecular weight is 220 g/mol. The maximum Gasteiger partial charge on any atom is 0.170 e. The molecule has 0 N–H and O–H groups in total. The molecule has 0 unspecified atom stereocenters. The molecule has 1 saturated heterocycles. The molecule has 1 aliphatic heterocycles. The van der Waals surface area contributed by atoms with Crippen LogP contribution in [-0.2, 0) is 17.6 Å². The number of aldehydes is 1. The van der Waals surface area contributed by atoms with Gasteiger partial charge >= 0.3 is 0 Å². The van der Waals surface area contributed by atoms with Crippen molar-refractivity contribution < 1.29 is 9.53 Å². The Kier molecular flexibility index (Phi) is 2.52. The van der Waals surface area contributed by atoms with Crippen LogP contribution in [0.2, 0.25) is 0 Å². The molecule has 0 atom stereocenters. The van der Waals surface area contributed by atoms with E-state index >= 15 is 0 Å². The van der Waals surface area contributed by atoms with Crippen molar-refractivity contribution >= 4 is 6.29 Å². The molecule has 86 valence electrons. The van der Waals surface area contributed by atoms with Gasteiger partial charge < -0.3 is 4.74 Å². The first kappa shape index (κ1) is 10.0. The molecule has 3 rings (SSSR count). The van der Waals surface area contributed by atoms with Gasteiger partial charge in [-0.1, -0.05) is 0 Å². The summed E-state index contributed by atoms with van der Waals surface area (Å²) < 4.78 is 7.47. The SMILES string of the molecule is O=Cc1nn(C2CCOCC2)c2c1CCC2. The van der Waals surface area contributed by atoms with Crippen LogP contribution in [-0.4, -0.2) is 29.3 Å². The lowest BCUT2D eigenvalue weighted by Crippen LogP contribution is -2.22. The monoisotopic (exact) mass is 220 g/mol. The minimum Gasteiger partial charge on any atom is -0.381 e. The molecular formula is C12H16N2O2.